The van der Waals surface area contributed by atoms with Crippen molar-refractivity contribution >= 4 is 0 Å². The van der Waals surface area contributed by atoms with E-state index in [1.165, 1.54) is 17.7 Å². The second kappa shape index (κ2) is 2.46. The van der Waals surface area contributed by atoms with Crippen LogP contribution < -0.4 is 10.9 Å². The number of nitrogens with zero attached hydrogens (tertiary/aromatic N) is 1. The van der Waals surface area contributed by atoms with Gasteiger partial charge in [-0.1, -0.05) is 12.2 Å². The Morgan fingerprint density at radius 2 is 2.40 bits per heavy atom. The first-order valence-corrected chi connectivity index (χ1v) is 3.78. The van der Waals surface area contributed by atoms with Gasteiger partial charge in [0.25, 0.3) is 0 Å². The molecule has 1 N–H and O–H groups in total. The number of rotatable bonds is 0. The van der Waals surface area contributed by atoms with Crippen LogP contribution in [-0.2, 0) is 0 Å². The molecule has 0 saturated heterocycles. The lowest BCUT2D eigenvalue weighted by Gasteiger charge is -2.21. The van der Waals surface area contributed by atoms with Gasteiger partial charge in [0.15, 0.2) is 0 Å². The van der Waals surface area contributed by atoms with Crippen molar-refractivity contribution in [2.75, 3.05) is 6.54 Å². The van der Waals surface area contributed by atoms with E-state index in [2.05, 4.69) is 23.0 Å². The molecule has 0 aromatic rings. The van der Waals surface area contributed by atoms with Crippen molar-refractivity contribution < 1.29 is 0 Å². The van der Waals surface area contributed by atoms with Crippen molar-refractivity contribution in [3.63, 3.8) is 0 Å². The smallest absolute Gasteiger partial charge is 0.0399 e. The minimum Gasteiger partial charge on any atom is -0.308 e. The average Bonchev–Trinajstić information content (AvgIpc) is 2.05. The zero-order valence-corrected chi connectivity index (χ0v) is 5.93. The fourth-order valence-electron chi connectivity index (χ4n) is 1.40. The number of hydrogen-bond donors (Lipinski definition) is 1. The highest BCUT2D eigenvalue weighted by Crippen LogP contribution is 2.20. The van der Waals surface area contributed by atoms with E-state index in [0.717, 1.165) is 19.4 Å². The first-order chi connectivity index (χ1) is 4.97. The summed E-state index contributed by atoms with van der Waals surface area (Å²) in [7, 11) is 0. The van der Waals surface area contributed by atoms with Gasteiger partial charge in [-0.15, -0.1) is 5.43 Å². The lowest BCUT2D eigenvalue weighted by molar-refractivity contribution is 0.526. The Kier molecular flexibility index (Phi) is 1.47. The van der Waals surface area contributed by atoms with E-state index in [0.29, 0.717) is 0 Å². The third kappa shape index (κ3) is 0.948. The summed E-state index contributed by atoms with van der Waals surface area (Å²) in [4.78, 5) is 0. The highest BCUT2D eigenvalue weighted by atomic mass is 15.4. The van der Waals surface area contributed by atoms with Gasteiger partial charge >= 0.3 is 0 Å². The van der Waals surface area contributed by atoms with E-state index in [-0.39, 0.29) is 0 Å². The van der Waals surface area contributed by atoms with E-state index in [9.17, 15) is 0 Å². The summed E-state index contributed by atoms with van der Waals surface area (Å²) in [5.41, 5.74) is 10.00. The zero-order chi connectivity index (χ0) is 6.81. The van der Waals surface area contributed by atoms with Crippen molar-refractivity contribution in [1.82, 2.24) is 10.9 Å². The molecule has 0 unspecified atom stereocenters. The van der Waals surface area contributed by atoms with Crippen LogP contribution in [0.5, 0.6) is 0 Å². The van der Waals surface area contributed by atoms with Gasteiger partial charge in [-0.25, -0.2) is 0 Å². The van der Waals surface area contributed by atoms with Crippen molar-refractivity contribution in [2.45, 2.75) is 19.3 Å². The summed E-state index contributed by atoms with van der Waals surface area (Å²) in [6.45, 7) is 0.934. The van der Waals surface area contributed by atoms with Gasteiger partial charge in [0, 0.05) is 12.2 Å². The molecule has 2 rings (SSSR count). The van der Waals surface area contributed by atoms with Crippen LogP contribution in [-0.4, -0.2) is 6.54 Å². The van der Waals surface area contributed by atoms with E-state index >= 15 is 0 Å². The summed E-state index contributed by atoms with van der Waals surface area (Å²) in [6, 6.07) is 0. The zero-order valence-electron chi connectivity index (χ0n) is 5.93. The topological polar surface area (TPSA) is 26.1 Å². The minimum atomic E-state index is 0.934. The van der Waals surface area contributed by atoms with E-state index in [4.69, 9.17) is 0 Å². The predicted molar refractivity (Wildman–Crippen MR) is 40.2 cm³/mol. The number of hydrogen-bond acceptors (Lipinski definition) is 1. The van der Waals surface area contributed by atoms with Crippen LogP contribution in [0.3, 0.4) is 0 Å². The van der Waals surface area contributed by atoms with Crippen LogP contribution >= 0.6 is 0 Å². The van der Waals surface area contributed by atoms with E-state index in [1.807, 2.05) is 0 Å². The summed E-state index contributed by atoms with van der Waals surface area (Å²) in [5, 5.41) is 0. The minimum absolute atomic E-state index is 0.934. The molecule has 0 atom stereocenters. The van der Waals surface area contributed by atoms with Gasteiger partial charge in [0.1, 0.15) is 0 Å². The first-order valence-electron chi connectivity index (χ1n) is 3.78. The second-order valence-electron chi connectivity index (χ2n) is 2.69. The van der Waals surface area contributed by atoms with Crippen molar-refractivity contribution in [1.29, 1.82) is 0 Å². The lowest BCUT2D eigenvalue weighted by atomic mass is 10.00. The van der Waals surface area contributed by atoms with Crippen LogP contribution in [0.4, 0.5) is 0 Å². The average molecular weight is 135 g/mol. The van der Waals surface area contributed by atoms with E-state index in [1.54, 1.807) is 0 Å². The van der Waals surface area contributed by atoms with Crippen LogP contribution in [0.15, 0.2) is 23.4 Å². The summed E-state index contributed by atoms with van der Waals surface area (Å²) >= 11 is 0. The fraction of sp³-hybridized carbons (Fsp3) is 0.500. The Labute approximate surface area is 61.0 Å². The molecule has 0 aromatic heterocycles. The molecule has 1 radical (unpaired) electrons. The standard InChI is InChI=1S/C8H11N2/c1-2-4-8-7(3-1)5-6-9-10-8/h1,3,10H,2,4-6H2. The molecule has 0 spiro atoms. The first kappa shape index (κ1) is 5.98. The molecule has 0 fully saturated rings. The summed E-state index contributed by atoms with van der Waals surface area (Å²) in [6.07, 6.45) is 7.90. The fourth-order valence-corrected chi connectivity index (χ4v) is 1.40. The Morgan fingerprint density at radius 1 is 1.40 bits per heavy atom. The molecule has 2 nitrogen and oxygen atoms in total. The normalized spacial score (nSPS) is 24.0. The Hall–Kier alpha value is -0.760. The monoisotopic (exact) mass is 135 g/mol. The van der Waals surface area contributed by atoms with Gasteiger partial charge in [-0.2, -0.15) is 0 Å². The number of allylic oxidation sites excluding steroid dienone is 3. The highest BCUT2D eigenvalue weighted by molar-refractivity contribution is 5.29. The maximum atomic E-state index is 4.12. The largest absolute Gasteiger partial charge is 0.308 e. The van der Waals surface area contributed by atoms with Gasteiger partial charge < -0.3 is 5.43 Å². The Bertz CT molecular complexity index is 191. The molecule has 0 amide bonds. The molecule has 53 valence electrons. The SMILES string of the molecule is C1=CC2=C(CC1)N[N]CC2. The highest BCUT2D eigenvalue weighted by Gasteiger charge is 2.11. The summed E-state index contributed by atoms with van der Waals surface area (Å²) < 4.78 is 0. The molecule has 0 saturated carbocycles. The maximum Gasteiger partial charge on any atom is 0.0399 e. The molecule has 10 heavy (non-hydrogen) atoms. The molecule has 1 aliphatic carbocycles. The molecule has 2 aliphatic rings. The van der Waals surface area contributed by atoms with Crippen molar-refractivity contribution in [3.8, 4) is 0 Å². The quantitative estimate of drug-likeness (QED) is 0.529. The molecular formula is C8H11N2. The molecule has 0 bridgehead atoms. The predicted octanol–water partition coefficient (Wildman–Crippen LogP) is 1.10. The Balaban J connectivity index is 2.23. The third-order valence-corrected chi connectivity index (χ3v) is 1.97. The van der Waals surface area contributed by atoms with Crippen LogP contribution in [0.2, 0.25) is 0 Å². The van der Waals surface area contributed by atoms with Gasteiger partial charge in [-0.05, 0) is 24.8 Å². The van der Waals surface area contributed by atoms with Crippen LogP contribution in [0.25, 0.3) is 0 Å². The maximum absolute atomic E-state index is 4.12. The van der Waals surface area contributed by atoms with Crippen LogP contribution in [0, 0.1) is 0 Å². The van der Waals surface area contributed by atoms with Gasteiger partial charge in [0.2, 0.25) is 0 Å². The van der Waals surface area contributed by atoms with E-state index < -0.39 is 0 Å². The Morgan fingerprint density at radius 3 is 3.30 bits per heavy atom. The van der Waals surface area contributed by atoms with Crippen molar-refractivity contribution in [2.24, 2.45) is 0 Å². The lowest BCUT2D eigenvalue weighted by Crippen LogP contribution is -2.31. The van der Waals surface area contributed by atoms with Crippen LogP contribution in [0.1, 0.15) is 19.3 Å². The summed E-state index contributed by atoms with van der Waals surface area (Å²) in [5.74, 6) is 0. The van der Waals surface area contributed by atoms with Crippen molar-refractivity contribution in [3.05, 3.63) is 23.4 Å². The molecule has 1 heterocycles. The van der Waals surface area contributed by atoms with Gasteiger partial charge in [0.05, 0.1) is 0 Å². The molecule has 0 aromatic carbocycles. The molecule has 1 aliphatic heterocycles. The number of nitrogens with one attached hydrogen (secondary N) is 1. The third-order valence-electron chi connectivity index (χ3n) is 1.97. The second-order valence-corrected chi connectivity index (χ2v) is 2.69. The van der Waals surface area contributed by atoms with Gasteiger partial charge in [-0.3, -0.25) is 0 Å². The molecular weight excluding hydrogens is 124 g/mol. The molecule has 2 heteroatoms.